The Morgan fingerprint density at radius 2 is 1.05 bits per heavy atom. The molecule has 4 N–H and O–H groups in total. The maximum atomic E-state index is 5.96. The Balaban J connectivity index is 2.15. The molecule has 0 aromatic heterocycles. The summed E-state index contributed by atoms with van der Waals surface area (Å²) >= 11 is 0. The first-order valence-electron chi connectivity index (χ1n) is 6.89. The Bertz CT molecular complexity index is 524. The van der Waals surface area contributed by atoms with E-state index in [1.54, 1.807) is 24.3 Å². The zero-order chi connectivity index (χ0) is 15.5. The highest BCUT2D eigenvalue weighted by Crippen LogP contribution is 2.28. The summed E-state index contributed by atoms with van der Waals surface area (Å²) in [5, 5.41) is 0. The molecule has 0 saturated heterocycles. The van der Waals surface area contributed by atoms with E-state index in [1.807, 2.05) is 24.3 Å². The van der Waals surface area contributed by atoms with Gasteiger partial charge in [-0.25, -0.2) is 0 Å². The predicted octanol–water partition coefficient (Wildman–Crippen LogP) is 3.68. The van der Waals surface area contributed by atoms with E-state index in [1.165, 1.54) is 0 Å². The minimum absolute atomic E-state index is 0.192. The van der Waals surface area contributed by atoms with Gasteiger partial charge in [0.15, 0.2) is 0 Å². The monoisotopic (exact) mass is 286 g/mol. The molecule has 4 heteroatoms. The quantitative estimate of drug-likeness (QED) is 0.664. The third-order valence-electron chi connectivity index (χ3n) is 2.95. The highest BCUT2D eigenvalue weighted by atomic mass is 16.7. The van der Waals surface area contributed by atoms with E-state index < -0.39 is 6.29 Å². The maximum Gasteiger partial charge on any atom is 0.245 e. The van der Waals surface area contributed by atoms with Gasteiger partial charge in [0.05, 0.1) is 0 Å². The zero-order valence-electron chi connectivity index (χ0n) is 12.7. The molecule has 0 amide bonds. The van der Waals surface area contributed by atoms with Crippen molar-refractivity contribution in [1.29, 1.82) is 0 Å². The van der Waals surface area contributed by atoms with Crippen molar-refractivity contribution in [2.75, 3.05) is 11.5 Å². The van der Waals surface area contributed by atoms with Crippen LogP contribution in [0.3, 0.4) is 0 Å². The number of ether oxygens (including phenoxy) is 2. The van der Waals surface area contributed by atoms with Crippen LogP contribution >= 0.6 is 0 Å². The minimum atomic E-state index is -0.426. The van der Waals surface area contributed by atoms with Gasteiger partial charge in [0.25, 0.3) is 0 Å². The number of benzene rings is 2. The number of nitrogens with two attached hydrogens (primary N) is 2. The van der Waals surface area contributed by atoms with Crippen LogP contribution < -0.4 is 20.9 Å². The summed E-state index contributed by atoms with van der Waals surface area (Å²) < 4.78 is 11.9. The summed E-state index contributed by atoms with van der Waals surface area (Å²) in [4.78, 5) is 0. The third-order valence-corrected chi connectivity index (χ3v) is 2.95. The Kier molecular flexibility index (Phi) is 4.26. The summed E-state index contributed by atoms with van der Waals surface area (Å²) in [5.74, 6) is 1.44. The molecular weight excluding hydrogens is 264 g/mol. The molecule has 0 aliphatic heterocycles. The molecule has 4 nitrogen and oxygen atoms in total. The molecule has 0 atom stereocenters. The summed E-state index contributed by atoms with van der Waals surface area (Å²) in [7, 11) is 0. The van der Waals surface area contributed by atoms with Gasteiger partial charge in [-0.05, 0) is 48.5 Å². The SMILES string of the molecule is CC(C)(C)C(Oc1ccc(N)cc1)Oc1ccc(N)cc1. The molecule has 0 fully saturated rings. The van der Waals surface area contributed by atoms with Gasteiger partial charge < -0.3 is 20.9 Å². The number of anilines is 2. The average Bonchev–Trinajstić information content (AvgIpc) is 2.42. The molecule has 0 unspecified atom stereocenters. The van der Waals surface area contributed by atoms with Crippen molar-refractivity contribution >= 4 is 11.4 Å². The van der Waals surface area contributed by atoms with Crippen LogP contribution in [0.4, 0.5) is 11.4 Å². The lowest BCUT2D eigenvalue weighted by Gasteiger charge is -2.31. The van der Waals surface area contributed by atoms with Gasteiger partial charge in [0.1, 0.15) is 11.5 Å². The van der Waals surface area contributed by atoms with Crippen LogP contribution in [0.1, 0.15) is 20.8 Å². The Morgan fingerprint density at radius 3 is 1.33 bits per heavy atom. The molecule has 0 saturated carbocycles. The van der Waals surface area contributed by atoms with Crippen molar-refractivity contribution in [2.45, 2.75) is 27.1 Å². The topological polar surface area (TPSA) is 70.5 Å². The van der Waals surface area contributed by atoms with Crippen LogP contribution in [0.2, 0.25) is 0 Å². The van der Waals surface area contributed by atoms with Gasteiger partial charge in [-0.1, -0.05) is 20.8 Å². The third kappa shape index (κ3) is 4.31. The molecule has 2 aromatic carbocycles. The lowest BCUT2D eigenvalue weighted by Crippen LogP contribution is -2.37. The Morgan fingerprint density at radius 1 is 0.714 bits per heavy atom. The second-order valence-electron chi connectivity index (χ2n) is 6.07. The van der Waals surface area contributed by atoms with Crippen LogP contribution in [0.15, 0.2) is 48.5 Å². The Labute approximate surface area is 125 Å². The van der Waals surface area contributed by atoms with E-state index in [0.29, 0.717) is 11.4 Å². The van der Waals surface area contributed by atoms with E-state index in [-0.39, 0.29) is 5.41 Å². The molecule has 0 aliphatic carbocycles. The van der Waals surface area contributed by atoms with Crippen molar-refractivity contribution in [2.24, 2.45) is 5.41 Å². The van der Waals surface area contributed by atoms with E-state index in [0.717, 1.165) is 11.5 Å². The summed E-state index contributed by atoms with van der Waals surface area (Å²) in [6.07, 6.45) is -0.426. The molecule has 0 spiro atoms. The molecule has 21 heavy (non-hydrogen) atoms. The number of nitrogen functional groups attached to an aromatic ring is 2. The van der Waals surface area contributed by atoms with Crippen LogP contribution in [0.5, 0.6) is 11.5 Å². The predicted molar refractivity (Wildman–Crippen MR) is 86.2 cm³/mol. The summed E-state index contributed by atoms with van der Waals surface area (Å²) in [5.41, 5.74) is 12.6. The van der Waals surface area contributed by atoms with Crippen molar-refractivity contribution < 1.29 is 9.47 Å². The van der Waals surface area contributed by atoms with Gasteiger partial charge in [-0.15, -0.1) is 0 Å². The van der Waals surface area contributed by atoms with Crippen molar-refractivity contribution in [1.82, 2.24) is 0 Å². The largest absolute Gasteiger partial charge is 0.454 e. The van der Waals surface area contributed by atoms with Crippen LogP contribution in [0, 0.1) is 5.41 Å². The lowest BCUT2D eigenvalue weighted by atomic mass is 9.96. The first-order valence-corrected chi connectivity index (χ1v) is 6.89. The second kappa shape index (κ2) is 5.95. The molecule has 0 bridgehead atoms. The molecule has 0 aliphatic rings. The highest BCUT2D eigenvalue weighted by molar-refractivity contribution is 5.42. The van der Waals surface area contributed by atoms with Crippen LogP contribution in [-0.4, -0.2) is 6.29 Å². The molecule has 2 rings (SSSR count). The smallest absolute Gasteiger partial charge is 0.245 e. The van der Waals surface area contributed by atoms with E-state index in [9.17, 15) is 0 Å². The first kappa shape index (κ1) is 15.0. The average molecular weight is 286 g/mol. The fraction of sp³-hybridized carbons (Fsp3) is 0.294. The van der Waals surface area contributed by atoms with Crippen molar-refractivity contribution in [3.05, 3.63) is 48.5 Å². The standard InChI is InChI=1S/C17H22N2O2/c1-17(2,3)16(20-14-8-4-12(18)5-9-14)21-15-10-6-13(19)7-11-15/h4-11,16H,18-19H2,1-3H3. The van der Waals surface area contributed by atoms with Crippen LogP contribution in [0.25, 0.3) is 0 Å². The summed E-state index contributed by atoms with van der Waals surface area (Å²) in [6.45, 7) is 6.19. The molecule has 0 radical (unpaired) electrons. The molecule has 0 heterocycles. The minimum Gasteiger partial charge on any atom is -0.454 e. The van der Waals surface area contributed by atoms with E-state index in [2.05, 4.69) is 20.8 Å². The van der Waals surface area contributed by atoms with Crippen molar-refractivity contribution in [3.8, 4) is 11.5 Å². The van der Waals surface area contributed by atoms with E-state index in [4.69, 9.17) is 20.9 Å². The Hall–Kier alpha value is -2.36. The van der Waals surface area contributed by atoms with Gasteiger partial charge >= 0.3 is 0 Å². The van der Waals surface area contributed by atoms with Gasteiger partial charge in [-0.3, -0.25) is 0 Å². The normalized spacial score (nSPS) is 11.4. The highest BCUT2D eigenvalue weighted by Gasteiger charge is 2.28. The number of rotatable bonds is 4. The first-order chi connectivity index (χ1) is 9.84. The number of hydrogen-bond acceptors (Lipinski definition) is 4. The lowest BCUT2D eigenvalue weighted by molar-refractivity contribution is -0.0727. The van der Waals surface area contributed by atoms with Gasteiger partial charge in [0, 0.05) is 16.8 Å². The van der Waals surface area contributed by atoms with Gasteiger partial charge in [-0.2, -0.15) is 0 Å². The molecular formula is C17H22N2O2. The zero-order valence-corrected chi connectivity index (χ0v) is 12.7. The second-order valence-corrected chi connectivity index (χ2v) is 6.07. The van der Waals surface area contributed by atoms with E-state index >= 15 is 0 Å². The maximum absolute atomic E-state index is 5.96. The molecule has 112 valence electrons. The molecule has 2 aromatic rings. The number of hydrogen-bond donors (Lipinski definition) is 2. The van der Waals surface area contributed by atoms with Gasteiger partial charge in [0.2, 0.25) is 6.29 Å². The van der Waals surface area contributed by atoms with Crippen LogP contribution in [-0.2, 0) is 0 Å². The fourth-order valence-corrected chi connectivity index (χ4v) is 1.72. The fourth-order valence-electron chi connectivity index (χ4n) is 1.72. The van der Waals surface area contributed by atoms with Crippen molar-refractivity contribution in [3.63, 3.8) is 0 Å². The summed E-state index contributed by atoms with van der Waals surface area (Å²) in [6, 6.07) is 14.6.